The second-order valence-corrected chi connectivity index (χ2v) is 5.53. The minimum Gasteiger partial charge on any atom is -0.481 e. The van der Waals surface area contributed by atoms with Crippen LogP contribution >= 0.6 is 0 Å². The van der Waals surface area contributed by atoms with Crippen LogP contribution in [-0.4, -0.2) is 33.8 Å². The SMILES string of the molecule is CC(CC(=O)O)N1C(=O)CC2(CCCCC2)C1=O. The predicted octanol–water partition coefficient (Wildman–Crippen LogP) is 1.56. The summed E-state index contributed by atoms with van der Waals surface area (Å²) >= 11 is 0. The molecule has 5 heteroatoms. The van der Waals surface area contributed by atoms with Crippen molar-refractivity contribution in [3.8, 4) is 0 Å². The molecule has 1 spiro atoms. The Morgan fingerprint density at radius 1 is 1.33 bits per heavy atom. The summed E-state index contributed by atoms with van der Waals surface area (Å²) < 4.78 is 0. The molecule has 1 N–H and O–H groups in total. The van der Waals surface area contributed by atoms with Crippen molar-refractivity contribution in [3.05, 3.63) is 0 Å². The van der Waals surface area contributed by atoms with E-state index in [1.807, 2.05) is 0 Å². The Labute approximate surface area is 106 Å². The molecule has 1 unspecified atom stereocenters. The third kappa shape index (κ3) is 2.13. The van der Waals surface area contributed by atoms with Crippen LogP contribution in [-0.2, 0) is 14.4 Å². The molecule has 1 saturated heterocycles. The van der Waals surface area contributed by atoms with Gasteiger partial charge in [-0.1, -0.05) is 19.3 Å². The Hall–Kier alpha value is -1.39. The van der Waals surface area contributed by atoms with Crippen molar-refractivity contribution in [2.75, 3.05) is 0 Å². The monoisotopic (exact) mass is 253 g/mol. The van der Waals surface area contributed by atoms with Gasteiger partial charge in [0.15, 0.2) is 0 Å². The van der Waals surface area contributed by atoms with Gasteiger partial charge in [0.2, 0.25) is 11.8 Å². The van der Waals surface area contributed by atoms with Crippen molar-refractivity contribution in [2.45, 2.75) is 57.9 Å². The number of imide groups is 1. The van der Waals surface area contributed by atoms with E-state index in [-0.39, 0.29) is 24.7 Å². The summed E-state index contributed by atoms with van der Waals surface area (Å²) in [6.07, 6.45) is 4.74. The molecule has 2 aliphatic rings. The Balaban J connectivity index is 2.16. The van der Waals surface area contributed by atoms with E-state index in [1.54, 1.807) is 6.92 Å². The summed E-state index contributed by atoms with van der Waals surface area (Å²) in [7, 11) is 0. The summed E-state index contributed by atoms with van der Waals surface area (Å²) in [5.41, 5.74) is -0.512. The Morgan fingerprint density at radius 3 is 2.50 bits per heavy atom. The first-order valence-electron chi connectivity index (χ1n) is 6.54. The van der Waals surface area contributed by atoms with Gasteiger partial charge in [0.25, 0.3) is 0 Å². The van der Waals surface area contributed by atoms with E-state index in [0.29, 0.717) is 0 Å². The maximum Gasteiger partial charge on any atom is 0.305 e. The maximum atomic E-state index is 12.4. The van der Waals surface area contributed by atoms with Crippen molar-refractivity contribution in [1.82, 2.24) is 4.90 Å². The highest BCUT2D eigenvalue weighted by Gasteiger charge is 2.52. The lowest BCUT2D eigenvalue weighted by Crippen LogP contribution is -2.42. The van der Waals surface area contributed by atoms with Crippen LogP contribution in [0.1, 0.15) is 51.9 Å². The van der Waals surface area contributed by atoms with Crippen LogP contribution in [0.5, 0.6) is 0 Å². The van der Waals surface area contributed by atoms with Crippen LogP contribution in [0.2, 0.25) is 0 Å². The number of rotatable bonds is 3. The lowest BCUT2D eigenvalue weighted by molar-refractivity contribution is -0.146. The molecule has 2 fully saturated rings. The molecule has 0 aromatic heterocycles. The molecule has 0 radical (unpaired) electrons. The van der Waals surface area contributed by atoms with Gasteiger partial charge in [-0.3, -0.25) is 19.3 Å². The Bertz CT molecular complexity index is 384. The van der Waals surface area contributed by atoms with Crippen LogP contribution in [0, 0.1) is 5.41 Å². The van der Waals surface area contributed by atoms with Crippen molar-refractivity contribution >= 4 is 17.8 Å². The van der Waals surface area contributed by atoms with E-state index in [0.717, 1.165) is 32.1 Å². The zero-order valence-corrected chi connectivity index (χ0v) is 10.6. The van der Waals surface area contributed by atoms with Gasteiger partial charge >= 0.3 is 5.97 Å². The van der Waals surface area contributed by atoms with E-state index in [2.05, 4.69) is 0 Å². The summed E-state index contributed by atoms with van der Waals surface area (Å²) in [6, 6.07) is -0.538. The van der Waals surface area contributed by atoms with Gasteiger partial charge in [-0.2, -0.15) is 0 Å². The minimum atomic E-state index is -0.979. The highest BCUT2D eigenvalue weighted by atomic mass is 16.4. The Kier molecular flexibility index (Phi) is 3.41. The van der Waals surface area contributed by atoms with E-state index in [4.69, 9.17) is 5.11 Å². The fourth-order valence-corrected chi connectivity index (χ4v) is 3.23. The molecular formula is C13H19NO4. The smallest absolute Gasteiger partial charge is 0.305 e. The van der Waals surface area contributed by atoms with E-state index in [9.17, 15) is 14.4 Å². The van der Waals surface area contributed by atoms with E-state index in [1.165, 1.54) is 4.90 Å². The highest BCUT2D eigenvalue weighted by molar-refractivity contribution is 6.06. The van der Waals surface area contributed by atoms with Crippen LogP contribution in [0.4, 0.5) is 0 Å². The lowest BCUT2D eigenvalue weighted by Gasteiger charge is -2.31. The molecule has 0 aromatic carbocycles. The fraction of sp³-hybridized carbons (Fsp3) is 0.769. The van der Waals surface area contributed by atoms with Crippen molar-refractivity contribution < 1.29 is 19.5 Å². The number of hydrogen-bond acceptors (Lipinski definition) is 3. The van der Waals surface area contributed by atoms with Crippen LogP contribution < -0.4 is 0 Å². The Morgan fingerprint density at radius 2 is 1.94 bits per heavy atom. The predicted molar refractivity (Wildman–Crippen MR) is 63.7 cm³/mol. The summed E-state index contributed by atoms with van der Waals surface area (Å²) in [5.74, 6) is -1.32. The first-order chi connectivity index (χ1) is 8.46. The standard InChI is InChI=1S/C13H19NO4/c1-9(7-11(16)17)14-10(15)8-13(12(14)18)5-3-2-4-6-13/h9H,2-8H2,1H3,(H,16,17). The molecule has 1 aliphatic heterocycles. The number of likely N-dealkylation sites (tertiary alicyclic amines) is 1. The molecule has 1 aliphatic carbocycles. The highest BCUT2D eigenvalue weighted by Crippen LogP contribution is 2.45. The molecule has 18 heavy (non-hydrogen) atoms. The van der Waals surface area contributed by atoms with Gasteiger partial charge < -0.3 is 5.11 Å². The number of carbonyl (C=O) groups excluding carboxylic acids is 2. The molecule has 1 heterocycles. The molecule has 0 aromatic rings. The molecule has 1 saturated carbocycles. The molecule has 2 rings (SSSR count). The largest absolute Gasteiger partial charge is 0.481 e. The van der Waals surface area contributed by atoms with Crippen LogP contribution in [0.15, 0.2) is 0 Å². The second-order valence-electron chi connectivity index (χ2n) is 5.53. The van der Waals surface area contributed by atoms with Gasteiger partial charge in [0.1, 0.15) is 0 Å². The average molecular weight is 253 g/mol. The van der Waals surface area contributed by atoms with Crippen molar-refractivity contribution in [2.24, 2.45) is 5.41 Å². The third-order valence-electron chi connectivity index (χ3n) is 4.15. The quantitative estimate of drug-likeness (QED) is 0.774. The molecular weight excluding hydrogens is 234 g/mol. The van der Waals surface area contributed by atoms with Crippen LogP contribution in [0.3, 0.4) is 0 Å². The normalized spacial score (nSPS) is 24.6. The van der Waals surface area contributed by atoms with Gasteiger partial charge in [-0.25, -0.2) is 0 Å². The van der Waals surface area contributed by atoms with Gasteiger partial charge in [-0.15, -0.1) is 0 Å². The molecule has 2 amide bonds. The first-order valence-corrected chi connectivity index (χ1v) is 6.54. The minimum absolute atomic E-state index is 0.138. The number of carboxylic acids is 1. The topological polar surface area (TPSA) is 74.7 Å². The maximum absolute atomic E-state index is 12.4. The number of nitrogens with zero attached hydrogens (tertiary/aromatic N) is 1. The number of carboxylic acid groups (broad SMARTS) is 1. The second kappa shape index (κ2) is 4.71. The van der Waals surface area contributed by atoms with Crippen molar-refractivity contribution in [1.29, 1.82) is 0 Å². The van der Waals surface area contributed by atoms with E-state index >= 15 is 0 Å². The molecule has 5 nitrogen and oxygen atoms in total. The third-order valence-corrected chi connectivity index (χ3v) is 4.15. The van der Waals surface area contributed by atoms with E-state index < -0.39 is 17.4 Å². The number of amides is 2. The molecule has 1 atom stereocenters. The number of aliphatic carboxylic acids is 1. The fourth-order valence-electron chi connectivity index (χ4n) is 3.23. The average Bonchev–Trinajstić information content (AvgIpc) is 2.51. The molecule has 100 valence electrons. The lowest BCUT2D eigenvalue weighted by atomic mass is 9.73. The zero-order chi connectivity index (χ0) is 13.3. The summed E-state index contributed by atoms with van der Waals surface area (Å²) in [5, 5.41) is 8.77. The summed E-state index contributed by atoms with van der Waals surface area (Å²) in [6.45, 7) is 1.63. The number of hydrogen-bond donors (Lipinski definition) is 1. The number of carbonyl (C=O) groups is 3. The van der Waals surface area contributed by atoms with Gasteiger partial charge in [-0.05, 0) is 19.8 Å². The summed E-state index contributed by atoms with van der Waals surface area (Å²) in [4.78, 5) is 36.3. The van der Waals surface area contributed by atoms with Crippen molar-refractivity contribution in [3.63, 3.8) is 0 Å². The van der Waals surface area contributed by atoms with Gasteiger partial charge in [0.05, 0.1) is 11.8 Å². The molecule has 0 bridgehead atoms. The van der Waals surface area contributed by atoms with Crippen LogP contribution in [0.25, 0.3) is 0 Å². The zero-order valence-electron chi connectivity index (χ0n) is 10.6. The first kappa shape index (κ1) is 13.1. The van der Waals surface area contributed by atoms with Gasteiger partial charge in [0, 0.05) is 12.5 Å².